The summed E-state index contributed by atoms with van der Waals surface area (Å²) in [5.74, 6) is -1.10. The van der Waals surface area contributed by atoms with Crippen LogP contribution in [0.5, 0.6) is 0 Å². The average molecular weight is 286 g/mol. The Hall–Kier alpha value is -2.12. The van der Waals surface area contributed by atoms with Crippen molar-refractivity contribution in [3.8, 4) is 0 Å². The fraction of sp³-hybridized carbons (Fsp3) is 0.182. The van der Waals surface area contributed by atoms with Gasteiger partial charge in [-0.1, -0.05) is 12.1 Å². The Morgan fingerprint density at radius 2 is 2.21 bits per heavy atom. The van der Waals surface area contributed by atoms with Crippen molar-refractivity contribution in [3.05, 3.63) is 40.1 Å². The van der Waals surface area contributed by atoms with Crippen LogP contribution in [0.1, 0.15) is 5.56 Å². The number of carbonyl (C=O) groups is 1. The number of halogens is 1. The summed E-state index contributed by atoms with van der Waals surface area (Å²) in [5.41, 5.74) is 6.45. The number of rotatable bonds is 4. The van der Waals surface area contributed by atoms with Crippen molar-refractivity contribution >= 4 is 35.0 Å². The van der Waals surface area contributed by atoms with E-state index in [1.165, 1.54) is 6.07 Å². The predicted octanol–water partition coefficient (Wildman–Crippen LogP) is 1.45. The Morgan fingerprint density at radius 3 is 2.79 bits per heavy atom. The van der Waals surface area contributed by atoms with E-state index < -0.39 is 16.9 Å². The SMILES string of the molecule is Cl.NC(Cc1c[nH]c2c([N+](=O)[O-])cccc12)C(=O)O. The smallest absolute Gasteiger partial charge is 0.320 e. The fourth-order valence-corrected chi connectivity index (χ4v) is 1.84. The van der Waals surface area contributed by atoms with Crippen molar-refractivity contribution < 1.29 is 14.8 Å². The van der Waals surface area contributed by atoms with Crippen LogP contribution in [0.4, 0.5) is 5.69 Å². The molecule has 0 amide bonds. The highest BCUT2D eigenvalue weighted by atomic mass is 35.5. The first-order chi connectivity index (χ1) is 8.50. The molecule has 0 aliphatic heterocycles. The zero-order valence-corrected chi connectivity index (χ0v) is 10.5. The first-order valence-electron chi connectivity index (χ1n) is 5.22. The third-order valence-corrected chi connectivity index (χ3v) is 2.73. The molecule has 1 unspecified atom stereocenters. The normalized spacial score (nSPS) is 11.8. The van der Waals surface area contributed by atoms with Crippen molar-refractivity contribution in [1.29, 1.82) is 0 Å². The number of aromatic amines is 1. The molecule has 8 heteroatoms. The van der Waals surface area contributed by atoms with Crippen molar-refractivity contribution in [1.82, 2.24) is 4.98 Å². The van der Waals surface area contributed by atoms with Gasteiger partial charge in [-0.15, -0.1) is 12.4 Å². The van der Waals surface area contributed by atoms with E-state index in [2.05, 4.69) is 4.98 Å². The minimum atomic E-state index is -1.10. The van der Waals surface area contributed by atoms with Crippen molar-refractivity contribution in [3.63, 3.8) is 0 Å². The number of fused-ring (bicyclic) bond motifs is 1. The number of nitrogens with one attached hydrogen (secondary N) is 1. The van der Waals surface area contributed by atoms with Gasteiger partial charge in [0.2, 0.25) is 0 Å². The Balaban J connectivity index is 0.00000180. The molecule has 0 bridgehead atoms. The Kier molecular flexibility index (Phi) is 4.47. The van der Waals surface area contributed by atoms with Crippen molar-refractivity contribution in [2.45, 2.75) is 12.5 Å². The van der Waals surface area contributed by atoms with Gasteiger partial charge in [0.25, 0.3) is 5.69 Å². The monoisotopic (exact) mass is 285 g/mol. The number of carboxylic acid groups (broad SMARTS) is 1. The summed E-state index contributed by atoms with van der Waals surface area (Å²) < 4.78 is 0. The van der Waals surface area contributed by atoms with E-state index in [-0.39, 0.29) is 24.5 Å². The first-order valence-corrected chi connectivity index (χ1v) is 5.22. The lowest BCUT2D eigenvalue weighted by molar-refractivity contribution is -0.383. The molecule has 1 aromatic heterocycles. The maximum atomic E-state index is 10.8. The fourth-order valence-electron chi connectivity index (χ4n) is 1.84. The summed E-state index contributed by atoms with van der Waals surface area (Å²) in [6.07, 6.45) is 1.68. The van der Waals surface area contributed by atoms with Gasteiger partial charge in [0, 0.05) is 24.1 Å². The summed E-state index contributed by atoms with van der Waals surface area (Å²) in [4.78, 5) is 23.8. The lowest BCUT2D eigenvalue weighted by Gasteiger charge is -2.04. The largest absolute Gasteiger partial charge is 0.480 e. The number of nitrogens with zero attached hydrogens (tertiary/aromatic N) is 1. The molecule has 102 valence electrons. The van der Waals surface area contributed by atoms with Crippen LogP contribution in [-0.4, -0.2) is 27.0 Å². The number of benzene rings is 1. The number of aliphatic carboxylic acids is 1. The Labute approximate surface area is 114 Å². The number of hydrogen-bond donors (Lipinski definition) is 3. The van der Waals surface area contributed by atoms with Crippen LogP contribution in [-0.2, 0) is 11.2 Å². The molecule has 2 rings (SSSR count). The molecule has 0 aliphatic carbocycles. The molecule has 0 spiro atoms. The molecule has 1 atom stereocenters. The summed E-state index contributed by atoms with van der Waals surface area (Å²) in [7, 11) is 0. The Morgan fingerprint density at radius 1 is 1.53 bits per heavy atom. The van der Waals surface area contributed by atoms with E-state index >= 15 is 0 Å². The molecule has 1 heterocycles. The highest BCUT2D eigenvalue weighted by Crippen LogP contribution is 2.27. The van der Waals surface area contributed by atoms with Gasteiger partial charge in [-0.25, -0.2) is 0 Å². The number of hydrogen-bond acceptors (Lipinski definition) is 4. The maximum Gasteiger partial charge on any atom is 0.320 e. The van der Waals surface area contributed by atoms with Gasteiger partial charge in [0.15, 0.2) is 0 Å². The molecular formula is C11H12ClN3O4. The number of nitro groups is 1. The van der Waals surface area contributed by atoms with E-state index in [1.54, 1.807) is 18.3 Å². The number of carboxylic acids is 1. The van der Waals surface area contributed by atoms with Gasteiger partial charge in [-0.3, -0.25) is 14.9 Å². The van der Waals surface area contributed by atoms with E-state index in [4.69, 9.17) is 10.8 Å². The number of nitrogens with two attached hydrogens (primary N) is 1. The lowest BCUT2D eigenvalue weighted by atomic mass is 10.1. The van der Waals surface area contributed by atoms with Gasteiger partial charge in [-0.05, 0) is 5.56 Å². The van der Waals surface area contributed by atoms with Gasteiger partial charge in [-0.2, -0.15) is 0 Å². The van der Waals surface area contributed by atoms with E-state index in [1.807, 2.05) is 0 Å². The Bertz CT molecular complexity index is 625. The molecule has 19 heavy (non-hydrogen) atoms. The second-order valence-electron chi connectivity index (χ2n) is 3.92. The number of aromatic nitrogens is 1. The minimum absolute atomic E-state index is 0. The molecule has 0 aliphatic rings. The number of nitro benzene ring substituents is 1. The lowest BCUT2D eigenvalue weighted by Crippen LogP contribution is -2.32. The second-order valence-corrected chi connectivity index (χ2v) is 3.92. The second kappa shape index (κ2) is 5.68. The predicted molar refractivity (Wildman–Crippen MR) is 71.5 cm³/mol. The average Bonchev–Trinajstić information content (AvgIpc) is 2.72. The quantitative estimate of drug-likeness (QED) is 0.579. The summed E-state index contributed by atoms with van der Waals surface area (Å²) in [6, 6.07) is 3.62. The van der Waals surface area contributed by atoms with Gasteiger partial charge in [0.05, 0.1) is 4.92 Å². The zero-order valence-electron chi connectivity index (χ0n) is 9.70. The van der Waals surface area contributed by atoms with Crippen LogP contribution >= 0.6 is 12.4 Å². The summed E-state index contributed by atoms with van der Waals surface area (Å²) in [6.45, 7) is 0. The molecule has 1 aromatic carbocycles. The number of non-ortho nitro benzene ring substituents is 1. The van der Waals surface area contributed by atoms with Crippen LogP contribution in [0, 0.1) is 10.1 Å². The maximum absolute atomic E-state index is 10.8. The van der Waals surface area contributed by atoms with Crippen molar-refractivity contribution in [2.75, 3.05) is 0 Å². The van der Waals surface area contributed by atoms with Crippen LogP contribution < -0.4 is 5.73 Å². The zero-order chi connectivity index (χ0) is 13.3. The molecule has 7 nitrogen and oxygen atoms in total. The third kappa shape index (κ3) is 2.83. The highest BCUT2D eigenvalue weighted by molar-refractivity contribution is 5.91. The van der Waals surface area contributed by atoms with E-state index in [0.29, 0.717) is 16.5 Å². The van der Waals surface area contributed by atoms with Crippen LogP contribution in [0.25, 0.3) is 10.9 Å². The number of H-pyrrole nitrogens is 1. The minimum Gasteiger partial charge on any atom is -0.480 e. The molecule has 0 saturated carbocycles. The molecule has 4 N–H and O–H groups in total. The van der Waals surface area contributed by atoms with Gasteiger partial charge < -0.3 is 15.8 Å². The standard InChI is InChI=1S/C11H11N3O4.ClH/c12-8(11(15)16)4-6-5-13-10-7(6)2-1-3-9(10)14(17)18;/h1-3,5,8,13H,4,12H2,(H,15,16);1H. The molecule has 0 saturated heterocycles. The number of para-hydroxylation sites is 1. The van der Waals surface area contributed by atoms with Gasteiger partial charge in [0.1, 0.15) is 11.6 Å². The highest BCUT2D eigenvalue weighted by Gasteiger charge is 2.18. The molecule has 2 aromatic rings. The summed E-state index contributed by atoms with van der Waals surface area (Å²) in [5, 5.41) is 20.2. The summed E-state index contributed by atoms with van der Waals surface area (Å²) >= 11 is 0. The van der Waals surface area contributed by atoms with E-state index in [9.17, 15) is 14.9 Å². The van der Waals surface area contributed by atoms with Crippen molar-refractivity contribution in [2.24, 2.45) is 5.73 Å². The third-order valence-electron chi connectivity index (χ3n) is 2.73. The molecular weight excluding hydrogens is 274 g/mol. The first kappa shape index (κ1) is 14.9. The molecule has 0 radical (unpaired) electrons. The molecule has 0 fully saturated rings. The topological polar surface area (TPSA) is 122 Å². The van der Waals surface area contributed by atoms with Crippen LogP contribution in [0.3, 0.4) is 0 Å². The van der Waals surface area contributed by atoms with Crippen LogP contribution in [0.15, 0.2) is 24.4 Å². The van der Waals surface area contributed by atoms with E-state index in [0.717, 1.165) is 0 Å². The van der Waals surface area contributed by atoms with Crippen LogP contribution in [0.2, 0.25) is 0 Å². The van der Waals surface area contributed by atoms with Gasteiger partial charge >= 0.3 is 5.97 Å².